The number of halogens is 1. The number of carbonyl (C=O) groups is 2. The number of methoxy groups -OCH3 is 3. The summed E-state index contributed by atoms with van der Waals surface area (Å²) in [4.78, 5) is 27.6. The van der Waals surface area contributed by atoms with Crippen LogP contribution in [0.5, 0.6) is 11.5 Å². The highest BCUT2D eigenvalue weighted by Crippen LogP contribution is 2.40. The van der Waals surface area contributed by atoms with Crippen LogP contribution < -0.4 is 14.8 Å². The Balaban J connectivity index is 1.99. The predicted octanol–water partition coefficient (Wildman–Crippen LogP) is 3.71. The smallest absolute Gasteiger partial charge is 0.317 e. The second-order valence-corrected chi connectivity index (χ2v) is 8.25. The van der Waals surface area contributed by atoms with E-state index in [0.717, 1.165) is 11.1 Å². The van der Waals surface area contributed by atoms with Gasteiger partial charge in [0.1, 0.15) is 18.0 Å². The van der Waals surface area contributed by atoms with E-state index in [1.807, 2.05) is 31.2 Å². The number of hydrogen-bond donors (Lipinski definition) is 1. The second kappa shape index (κ2) is 12.4. The molecule has 0 bridgehead atoms. The Kier molecular flexibility index (Phi) is 9.33. The van der Waals surface area contributed by atoms with Gasteiger partial charge >= 0.3 is 6.03 Å². The average Bonchev–Trinajstić information content (AvgIpc) is 3.31. The zero-order chi connectivity index (χ0) is 25.4. The Labute approximate surface area is 210 Å². The summed E-state index contributed by atoms with van der Waals surface area (Å²) in [5.41, 5.74) is 2.16. The fourth-order valence-electron chi connectivity index (χ4n) is 3.89. The van der Waals surface area contributed by atoms with E-state index in [1.165, 1.54) is 9.91 Å². The van der Waals surface area contributed by atoms with Crippen LogP contribution in [0.1, 0.15) is 30.5 Å². The molecule has 9 nitrogen and oxygen atoms in total. The molecule has 1 aliphatic heterocycles. The van der Waals surface area contributed by atoms with Crippen molar-refractivity contribution in [1.82, 2.24) is 15.2 Å². The maximum absolute atomic E-state index is 13.6. The number of rotatable bonds is 10. The van der Waals surface area contributed by atoms with Crippen molar-refractivity contribution >= 4 is 29.3 Å². The zero-order valence-corrected chi connectivity index (χ0v) is 21.2. The van der Waals surface area contributed by atoms with Crippen LogP contribution in [0.15, 0.2) is 47.6 Å². The number of carbonyl (C=O) groups excluding carboxylic acids is 2. The summed E-state index contributed by atoms with van der Waals surface area (Å²) in [5.74, 6) is 0.886. The molecule has 3 rings (SSSR count). The van der Waals surface area contributed by atoms with Gasteiger partial charge in [0.25, 0.3) is 5.91 Å². The first-order valence-electron chi connectivity index (χ1n) is 11.3. The molecule has 10 heteroatoms. The van der Waals surface area contributed by atoms with Crippen LogP contribution in [0.3, 0.4) is 0 Å². The molecule has 35 heavy (non-hydrogen) atoms. The molecule has 188 valence electrons. The van der Waals surface area contributed by atoms with Crippen LogP contribution in [-0.4, -0.2) is 75.1 Å². The standard InChI is InChI=1S/C25H31ClN4O5/c1-5-27-25(32)29(12-13-33-2)16-24(31)30-22(19-14-17(34-3)10-11-23(19)35-4)15-21(28-30)18-8-6-7-9-20(18)26/h6-11,14,22H,5,12-13,15-16H2,1-4H3,(H,27,32). The van der Waals surface area contributed by atoms with Crippen molar-refractivity contribution in [2.24, 2.45) is 5.10 Å². The summed E-state index contributed by atoms with van der Waals surface area (Å²) in [6.45, 7) is 2.65. The van der Waals surface area contributed by atoms with Gasteiger partial charge in [0.2, 0.25) is 0 Å². The lowest BCUT2D eigenvalue weighted by atomic mass is 9.97. The molecular weight excluding hydrogens is 472 g/mol. The van der Waals surface area contributed by atoms with Gasteiger partial charge in [-0.15, -0.1) is 0 Å². The number of hydrazone groups is 1. The average molecular weight is 503 g/mol. The lowest BCUT2D eigenvalue weighted by Crippen LogP contribution is -2.47. The lowest BCUT2D eigenvalue weighted by Gasteiger charge is -2.27. The maximum Gasteiger partial charge on any atom is 0.317 e. The van der Waals surface area contributed by atoms with Gasteiger partial charge in [0, 0.05) is 42.8 Å². The Hall–Kier alpha value is -3.30. The van der Waals surface area contributed by atoms with Crippen LogP contribution in [0.25, 0.3) is 0 Å². The van der Waals surface area contributed by atoms with Gasteiger partial charge < -0.3 is 24.4 Å². The van der Waals surface area contributed by atoms with Gasteiger partial charge in [-0.05, 0) is 31.2 Å². The Morgan fingerprint density at radius 2 is 1.94 bits per heavy atom. The molecule has 1 heterocycles. The molecule has 2 aromatic carbocycles. The van der Waals surface area contributed by atoms with E-state index in [1.54, 1.807) is 39.5 Å². The van der Waals surface area contributed by atoms with Crippen molar-refractivity contribution in [3.63, 3.8) is 0 Å². The summed E-state index contributed by atoms with van der Waals surface area (Å²) in [6.07, 6.45) is 0.415. The van der Waals surface area contributed by atoms with E-state index in [4.69, 9.17) is 25.8 Å². The largest absolute Gasteiger partial charge is 0.497 e. The highest BCUT2D eigenvalue weighted by Gasteiger charge is 2.36. The minimum absolute atomic E-state index is 0.169. The minimum atomic E-state index is -0.475. The van der Waals surface area contributed by atoms with Crippen molar-refractivity contribution in [2.45, 2.75) is 19.4 Å². The highest BCUT2D eigenvalue weighted by molar-refractivity contribution is 6.34. The molecule has 1 unspecified atom stereocenters. The molecule has 0 aromatic heterocycles. The quantitative estimate of drug-likeness (QED) is 0.534. The number of nitrogens with zero attached hydrogens (tertiary/aromatic N) is 3. The second-order valence-electron chi connectivity index (χ2n) is 7.84. The fraction of sp³-hybridized carbons (Fsp3) is 0.400. The number of hydrogen-bond acceptors (Lipinski definition) is 6. The summed E-state index contributed by atoms with van der Waals surface area (Å²) < 4.78 is 16.1. The van der Waals surface area contributed by atoms with Gasteiger partial charge in [0.05, 0.1) is 32.6 Å². The number of benzene rings is 2. The number of amides is 3. The molecule has 0 aliphatic carbocycles. The van der Waals surface area contributed by atoms with E-state index in [9.17, 15) is 9.59 Å². The highest BCUT2D eigenvalue weighted by atomic mass is 35.5. The van der Waals surface area contributed by atoms with Gasteiger partial charge in [-0.3, -0.25) is 4.79 Å². The van der Waals surface area contributed by atoms with Gasteiger partial charge in [0.15, 0.2) is 0 Å². The van der Waals surface area contributed by atoms with E-state index in [0.29, 0.717) is 41.8 Å². The van der Waals surface area contributed by atoms with Crippen LogP contribution in [0.2, 0.25) is 5.02 Å². The molecule has 1 N–H and O–H groups in total. The topological polar surface area (TPSA) is 92.7 Å². The SMILES string of the molecule is CCNC(=O)N(CCOC)CC(=O)N1N=C(c2ccccc2Cl)CC1c1cc(OC)ccc1OC. The number of ether oxygens (including phenoxy) is 3. The Morgan fingerprint density at radius 3 is 2.60 bits per heavy atom. The number of nitrogens with one attached hydrogen (secondary N) is 1. The van der Waals surface area contributed by atoms with Crippen LogP contribution in [0, 0.1) is 0 Å². The van der Waals surface area contributed by atoms with E-state index >= 15 is 0 Å². The van der Waals surface area contributed by atoms with Gasteiger partial charge in [-0.1, -0.05) is 29.8 Å². The van der Waals surface area contributed by atoms with Crippen LogP contribution >= 0.6 is 11.6 Å². The third-order valence-electron chi connectivity index (χ3n) is 5.65. The van der Waals surface area contributed by atoms with Crippen molar-refractivity contribution in [3.8, 4) is 11.5 Å². The third kappa shape index (κ3) is 6.23. The van der Waals surface area contributed by atoms with Gasteiger partial charge in [-0.2, -0.15) is 5.10 Å². The molecule has 2 aromatic rings. The van der Waals surface area contributed by atoms with E-state index in [2.05, 4.69) is 10.4 Å². The predicted molar refractivity (Wildman–Crippen MR) is 134 cm³/mol. The van der Waals surface area contributed by atoms with Crippen LogP contribution in [-0.2, 0) is 9.53 Å². The molecule has 0 fully saturated rings. The number of urea groups is 1. The zero-order valence-electron chi connectivity index (χ0n) is 20.4. The first kappa shape index (κ1) is 26.3. The van der Waals surface area contributed by atoms with Gasteiger partial charge in [-0.25, -0.2) is 9.80 Å². The molecule has 1 atom stereocenters. The van der Waals surface area contributed by atoms with Crippen molar-refractivity contribution in [2.75, 3.05) is 47.6 Å². The van der Waals surface area contributed by atoms with Crippen molar-refractivity contribution in [3.05, 3.63) is 58.6 Å². The summed E-state index contributed by atoms with van der Waals surface area (Å²) >= 11 is 6.45. The molecule has 0 saturated carbocycles. The lowest BCUT2D eigenvalue weighted by molar-refractivity contribution is -0.133. The summed E-state index contributed by atoms with van der Waals surface area (Å²) in [5, 5.41) is 9.37. The molecule has 0 saturated heterocycles. The molecule has 3 amide bonds. The molecule has 0 spiro atoms. The van der Waals surface area contributed by atoms with E-state index in [-0.39, 0.29) is 25.0 Å². The molecular formula is C25H31ClN4O5. The maximum atomic E-state index is 13.6. The first-order chi connectivity index (χ1) is 16.9. The Morgan fingerprint density at radius 1 is 1.17 bits per heavy atom. The minimum Gasteiger partial charge on any atom is -0.497 e. The third-order valence-corrected chi connectivity index (χ3v) is 5.98. The molecule has 0 radical (unpaired) electrons. The molecule has 1 aliphatic rings. The van der Waals surface area contributed by atoms with Crippen molar-refractivity contribution in [1.29, 1.82) is 0 Å². The normalized spacial score (nSPS) is 14.9. The monoisotopic (exact) mass is 502 g/mol. The van der Waals surface area contributed by atoms with Crippen LogP contribution in [0.4, 0.5) is 4.79 Å². The van der Waals surface area contributed by atoms with Crippen molar-refractivity contribution < 1.29 is 23.8 Å². The Bertz CT molecular complexity index is 1080. The summed E-state index contributed by atoms with van der Waals surface area (Å²) in [6, 6.07) is 12.0. The summed E-state index contributed by atoms with van der Waals surface area (Å²) in [7, 11) is 4.70. The van der Waals surface area contributed by atoms with E-state index < -0.39 is 6.04 Å². The fourth-order valence-corrected chi connectivity index (χ4v) is 4.14. The first-order valence-corrected chi connectivity index (χ1v) is 11.7.